The Kier molecular flexibility index (Phi) is 7.94. The minimum absolute atomic E-state index is 0.0262. The number of carbonyl (C=O) groups is 2. The molecule has 1 spiro atoms. The highest BCUT2D eigenvalue weighted by molar-refractivity contribution is 7.09. The number of ether oxygens (including phenoxy) is 1. The molecule has 2 aromatic heterocycles. The van der Waals surface area contributed by atoms with Gasteiger partial charge in [-0.1, -0.05) is 23.8 Å². The number of nitrogens with zero attached hydrogens (tertiary/aromatic N) is 3. The number of hydrogen-bond acceptors (Lipinski definition) is 7. The number of anilines is 1. The number of nitrogens with one attached hydrogen (secondary N) is 1. The van der Waals surface area contributed by atoms with Crippen LogP contribution in [0.4, 0.5) is 10.6 Å². The Bertz CT molecular complexity index is 1260. The number of piperidine rings is 1. The summed E-state index contributed by atoms with van der Waals surface area (Å²) in [5, 5.41) is 15.9. The van der Waals surface area contributed by atoms with Gasteiger partial charge in [0.05, 0.1) is 5.41 Å². The molecule has 1 fully saturated rings. The zero-order valence-corrected chi connectivity index (χ0v) is 23.8. The van der Waals surface area contributed by atoms with Gasteiger partial charge in [-0.2, -0.15) is 0 Å². The standard InChI is InChI=1S/C30H38N4O4S/c1-29(2,3)38-28(37)34-14-10-30(11-15-34)19-23-17-22(20-31-26(23)32-27(30)36)6-7-25(35)33-12-8-21(9-13-33)18-24-5-4-16-39-24/h4-8,16-17,20,25,35H,9-15,18-19H2,1-3H3,(H,31,32,36)/b7-6+. The maximum Gasteiger partial charge on any atom is 0.410 e. The number of hydrogen-bond donors (Lipinski definition) is 2. The summed E-state index contributed by atoms with van der Waals surface area (Å²) >= 11 is 1.78. The van der Waals surface area contributed by atoms with Crippen LogP contribution in [-0.4, -0.2) is 69.9 Å². The molecule has 1 atom stereocenters. The molecule has 2 aromatic rings. The Balaban J connectivity index is 1.19. The number of thiophene rings is 1. The van der Waals surface area contributed by atoms with Crippen molar-refractivity contribution in [3.8, 4) is 0 Å². The Morgan fingerprint density at radius 1 is 1.31 bits per heavy atom. The van der Waals surface area contributed by atoms with E-state index in [1.54, 1.807) is 28.5 Å². The molecule has 0 aromatic carbocycles. The summed E-state index contributed by atoms with van der Waals surface area (Å²) in [6, 6.07) is 6.30. The average Bonchev–Trinajstić information content (AvgIpc) is 3.41. The van der Waals surface area contributed by atoms with Crippen LogP contribution in [0.25, 0.3) is 6.08 Å². The average molecular weight is 551 g/mol. The van der Waals surface area contributed by atoms with E-state index in [0.717, 1.165) is 37.1 Å². The van der Waals surface area contributed by atoms with Gasteiger partial charge in [0.25, 0.3) is 0 Å². The first-order valence-electron chi connectivity index (χ1n) is 13.7. The van der Waals surface area contributed by atoms with Gasteiger partial charge in [0.1, 0.15) is 17.6 Å². The van der Waals surface area contributed by atoms with Gasteiger partial charge in [0.2, 0.25) is 5.91 Å². The molecule has 1 saturated heterocycles. The highest BCUT2D eigenvalue weighted by atomic mass is 32.1. The zero-order chi connectivity index (χ0) is 27.6. The number of pyridine rings is 1. The van der Waals surface area contributed by atoms with Crippen molar-refractivity contribution in [2.75, 3.05) is 31.5 Å². The van der Waals surface area contributed by atoms with Crippen molar-refractivity contribution in [2.45, 2.75) is 64.7 Å². The maximum absolute atomic E-state index is 13.1. The van der Waals surface area contributed by atoms with Crippen LogP contribution < -0.4 is 5.32 Å². The molecule has 208 valence electrons. The van der Waals surface area contributed by atoms with Gasteiger partial charge >= 0.3 is 6.09 Å². The molecule has 0 radical (unpaired) electrons. The normalized spacial score (nSPS) is 20.5. The predicted molar refractivity (Wildman–Crippen MR) is 153 cm³/mol. The highest BCUT2D eigenvalue weighted by Crippen LogP contribution is 2.41. The number of aliphatic hydroxyl groups is 1. The smallest absolute Gasteiger partial charge is 0.410 e. The van der Waals surface area contributed by atoms with Gasteiger partial charge in [-0.05, 0) is 81.2 Å². The number of fused-ring (bicyclic) bond motifs is 1. The van der Waals surface area contributed by atoms with E-state index < -0.39 is 17.2 Å². The highest BCUT2D eigenvalue weighted by Gasteiger charge is 2.46. The third-order valence-corrected chi connectivity index (χ3v) is 8.63. The first-order valence-corrected chi connectivity index (χ1v) is 14.6. The van der Waals surface area contributed by atoms with E-state index in [4.69, 9.17) is 4.74 Å². The van der Waals surface area contributed by atoms with Crippen molar-refractivity contribution in [1.29, 1.82) is 0 Å². The quantitative estimate of drug-likeness (QED) is 0.517. The molecule has 8 nitrogen and oxygen atoms in total. The largest absolute Gasteiger partial charge is 0.444 e. The SMILES string of the molecule is CC(C)(C)OC(=O)N1CCC2(CC1)Cc1cc(/C=C/C(O)N3CC=C(Cc4cccs4)CC3)cnc1NC2=O. The second-order valence-corrected chi connectivity index (χ2v) is 12.8. The summed E-state index contributed by atoms with van der Waals surface area (Å²) in [4.78, 5) is 35.2. The van der Waals surface area contributed by atoms with E-state index in [0.29, 0.717) is 38.2 Å². The van der Waals surface area contributed by atoms with Gasteiger partial charge in [-0.15, -0.1) is 11.3 Å². The Morgan fingerprint density at radius 2 is 2.10 bits per heavy atom. The van der Waals surface area contributed by atoms with Crippen LogP contribution in [0.1, 0.15) is 56.0 Å². The lowest BCUT2D eigenvalue weighted by molar-refractivity contribution is -0.129. The fourth-order valence-electron chi connectivity index (χ4n) is 5.48. The van der Waals surface area contributed by atoms with Crippen LogP contribution in [0.15, 0.2) is 47.5 Å². The van der Waals surface area contributed by atoms with E-state index in [2.05, 4.69) is 33.9 Å². The lowest BCUT2D eigenvalue weighted by atomic mass is 9.71. The molecule has 0 bridgehead atoms. The number of carbonyl (C=O) groups excluding carboxylic acids is 2. The molecule has 5 heterocycles. The predicted octanol–water partition coefficient (Wildman–Crippen LogP) is 4.86. The summed E-state index contributed by atoms with van der Waals surface area (Å²) in [5.41, 5.74) is 2.19. The molecule has 0 saturated carbocycles. The number of aromatic nitrogens is 1. The van der Waals surface area contributed by atoms with Gasteiger partial charge in [0.15, 0.2) is 0 Å². The maximum atomic E-state index is 13.1. The van der Waals surface area contributed by atoms with E-state index in [1.165, 1.54) is 10.5 Å². The van der Waals surface area contributed by atoms with E-state index in [9.17, 15) is 14.7 Å². The second kappa shape index (κ2) is 11.2. The molecule has 5 rings (SSSR count). The van der Waals surface area contributed by atoms with Crippen molar-refractivity contribution >= 4 is 35.2 Å². The molecule has 2 N–H and O–H groups in total. The summed E-state index contributed by atoms with van der Waals surface area (Å²) in [6.45, 7) is 8.07. The van der Waals surface area contributed by atoms with Crippen LogP contribution in [-0.2, 0) is 22.4 Å². The van der Waals surface area contributed by atoms with Crippen molar-refractivity contribution in [3.05, 3.63) is 63.5 Å². The summed E-state index contributed by atoms with van der Waals surface area (Å²) < 4.78 is 5.51. The monoisotopic (exact) mass is 550 g/mol. The molecule has 3 aliphatic heterocycles. The number of aliphatic hydroxyl groups excluding tert-OH is 1. The molecule has 2 amide bonds. The lowest BCUT2D eigenvalue weighted by Crippen LogP contribution is -2.51. The lowest BCUT2D eigenvalue weighted by Gasteiger charge is -2.43. The van der Waals surface area contributed by atoms with Crippen molar-refractivity contribution < 1.29 is 19.4 Å². The van der Waals surface area contributed by atoms with Crippen molar-refractivity contribution in [3.63, 3.8) is 0 Å². The van der Waals surface area contributed by atoms with E-state index >= 15 is 0 Å². The van der Waals surface area contributed by atoms with Crippen LogP contribution in [0.5, 0.6) is 0 Å². The van der Waals surface area contributed by atoms with Gasteiger partial charge < -0.3 is 20.1 Å². The third-order valence-electron chi connectivity index (χ3n) is 7.75. The molecule has 3 aliphatic rings. The van der Waals surface area contributed by atoms with E-state index in [-0.39, 0.29) is 12.0 Å². The second-order valence-electron chi connectivity index (χ2n) is 11.8. The first-order chi connectivity index (χ1) is 18.6. The Morgan fingerprint density at radius 3 is 2.77 bits per heavy atom. The Labute approximate surface area is 234 Å². The van der Waals surface area contributed by atoms with Crippen LogP contribution in [0.2, 0.25) is 0 Å². The first kappa shape index (κ1) is 27.6. The fraction of sp³-hybridized carbons (Fsp3) is 0.500. The van der Waals surface area contributed by atoms with Gasteiger partial charge in [0, 0.05) is 43.7 Å². The van der Waals surface area contributed by atoms with Crippen LogP contribution in [0, 0.1) is 5.41 Å². The fourth-order valence-corrected chi connectivity index (χ4v) is 6.24. The molecular weight excluding hydrogens is 512 g/mol. The minimum atomic E-state index is -0.677. The summed E-state index contributed by atoms with van der Waals surface area (Å²) in [6.07, 6.45) is 10.3. The molecular formula is C30H38N4O4S. The van der Waals surface area contributed by atoms with Crippen molar-refractivity contribution in [2.24, 2.45) is 5.41 Å². The van der Waals surface area contributed by atoms with Crippen molar-refractivity contribution in [1.82, 2.24) is 14.8 Å². The topological polar surface area (TPSA) is 95.0 Å². The molecule has 9 heteroatoms. The number of rotatable bonds is 5. The molecule has 0 aliphatic carbocycles. The zero-order valence-electron chi connectivity index (χ0n) is 23.0. The Hall–Kier alpha value is -3.01. The molecule has 1 unspecified atom stereocenters. The van der Waals surface area contributed by atoms with Gasteiger partial charge in [-0.3, -0.25) is 9.69 Å². The van der Waals surface area contributed by atoms with E-state index in [1.807, 2.05) is 37.8 Å². The number of likely N-dealkylation sites (tertiary alicyclic amines) is 1. The molecule has 39 heavy (non-hydrogen) atoms. The minimum Gasteiger partial charge on any atom is -0.444 e. The van der Waals surface area contributed by atoms with Crippen LogP contribution in [0.3, 0.4) is 0 Å². The summed E-state index contributed by atoms with van der Waals surface area (Å²) in [7, 11) is 0. The van der Waals surface area contributed by atoms with Gasteiger partial charge in [-0.25, -0.2) is 9.78 Å². The van der Waals surface area contributed by atoms with Crippen LogP contribution >= 0.6 is 11.3 Å². The number of amides is 2. The third kappa shape index (κ3) is 6.59. The summed E-state index contributed by atoms with van der Waals surface area (Å²) in [5.74, 6) is 0.569.